The zero-order chi connectivity index (χ0) is 14.5. The minimum Gasteiger partial charge on any atom is -0.480 e. The van der Waals surface area contributed by atoms with Gasteiger partial charge in [0.05, 0.1) is 19.6 Å². The zero-order valence-electron chi connectivity index (χ0n) is 11.4. The lowest BCUT2D eigenvalue weighted by Crippen LogP contribution is -2.53. The summed E-state index contributed by atoms with van der Waals surface area (Å²) in [5.41, 5.74) is 1.76. The molecule has 1 atom stereocenters. The molecule has 2 heterocycles. The highest BCUT2D eigenvalue weighted by Gasteiger charge is 2.32. The van der Waals surface area contributed by atoms with Crippen LogP contribution in [0.2, 0.25) is 0 Å². The number of amides is 1. The van der Waals surface area contributed by atoms with E-state index in [0.29, 0.717) is 18.8 Å². The number of aryl methyl sites for hydroxylation is 1. The molecule has 1 unspecified atom stereocenters. The maximum atomic E-state index is 12.2. The van der Waals surface area contributed by atoms with Crippen molar-refractivity contribution in [3.05, 3.63) is 29.6 Å². The summed E-state index contributed by atoms with van der Waals surface area (Å²) >= 11 is 0. The third-order valence-electron chi connectivity index (χ3n) is 3.36. The topological polar surface area (TPSA) is 79.7 Å². The molecule has 1 aliphatic heterocycles. The van der Waals surface area contributed by atoms with Crippen LogP contribution in [-0.2, 0) is 27.2 Å². The van der Waals surface area contributed by atoms with E-state index >= 15 is 0 Å². The predicted octanol–water partition coefficient (Wildman–Crippen LogP) is 0.498. The first-order valence-electron chi connectivity index (χ1n) is 6.65. The molecule has 1 aromatic heterocycles. The fraction of sp³-hybridized carbons (Fsp3) is 0.500. The maximum absolute atomic E-state index is 12.2. The second-order valence-corrected chi connectivity index (χ2v) is 4.70. The molecule has 0 radical (unpaired) electrons. The number of morpholine rings is 1. The first-order chi connectivity index (χ1) is 9.61. The standard InChI is InChI=1S/C14H18N2O4/c1-2-10-3-4-11(15-8-10)7-13(17)16-5-6-20-9-12(16)14(18)19/h3-4,8,12H,2,5-7,9H2,1H3,(H,18,19). The van der Waals surface area contributed by atoms with Crippen LogP contribution < -0.4 is 0 Å². The van der Waals surface area contributed by atoms with Gasteiger partial charge in [-0.2, -0.15) is 0 Å². The van der Waals surface area contributed by atoms with E-state index in [0.717, 1.165) is 12.0 Å². The van der Waals surface area contributed by atoms with Crippen LogP contribution in [0.1, 0.15) is 18.2 Å². The number of nitrogens with zero attached hydrogens (tertiary/aromatic N) is 2. The van der Waals surface area contributed by atoms with Crippen molar-refractivity contribution in [2.45, 2.75) is 25.8 Å². The Labute approximate surface area is 117 Å². The lowest BCUT2D eigenvalue weighted by molar-refractivity contribution is -0.158. The average molecular weight is 278 g/mol. The molecule has 1 fully saturated rings. The van der Waals surface area contributed by atoms with Crippen LogP contribution >= 0.6 is 0 Å². The Morgan fingerprint density at radius 2 is 2.30 bits per heavy atom. The van der Waals surface area contributed by atoms with E-state index < -0.39 is 12.0 Å². The van der Waals surface area contributed by atoms with Gasteiger partial charge < -0.3 is 14.7 Å². The van der Waals surface area contributed by atoms with Gasteiger partial charge in [-0.3, -0.25) is 9.78 Å². The van der Waals surface area contributed by atoms with Gasteiger partial charge in [-0.15, -0.1) is 0 Å². The number of aromatic nitrogens is 1. The Kier molecular flexibility index (Phi) is 4.68. The lowest BCUT2D eigenvalue weighted by atomic mass is 10.1. The normalized spacial score (nSPS) is 18.9. The van der Waals surface area contributed by atoms with E-state index in [9.17, 15) is 9.59 Å². The van der Waals surface area contributed by atoms with Crippen LogP contribution in [0.4, 0.5) is 0 Å². The largest absolute Gasteiger partial charge is 0.480 e. The molecule has 0 aliphatic carbocycles. The van der Waals surface area contributed by atoms with Gasteiger partial charge in [0.25, 0.3) is 0 Å². The summed E-state index contributed by atoms with van der Waals surface area (Å²) < 4.78 is 5.11. The van der Waals surface area contributed by atoms with Crippen LogP contribution in [0.15, 0.2) is 18.3 Å². The van der Waals surface area contributed by atoms with E-state index in [2.05, 4.69) is 4.98 Å². The minimum atomic E-state index is -1.03. The molecule has 1 aliphatic rings. The molecule has 0 spiro atoms. The number of carbonyl (C=O) groups excluding carboxylic acids is 1. The van der Waals surface area contributed by atoms with Gasteiger partial charge in [-0.1, -0.05) is 13.0 Å². The Morgan fingerprint density at radius 3 is 2.90 bits per heavy atom. The molecule has 6 heteroatoms. The number of carboxylic acids is 1. The monoisotopic (exact) mass is 278 g/mol. The van der Waals surface area contributed by atoms with E-state index in [4.69, 9.17) is 9.84 Å². The summed E-state index contributed by atoms with van der Waals surface area (Å²) in [5, 5.41) is 9.10. The van der Waals surface area contributed by atoms with Crippen LogP contribution in [0.25, 0.3) is 0 Å². The van der Waals surface area contributed by atoms with Gasteiger partial charge in [0, 0.05) is 18.4 Å². The fourth-order valence-corrected chi connectivity index (χ4v) is 2.13. The predicted molar refractivity (Wildman–Crippen MR) is 71.3 cm³/mol. The molecular formula is C14H18N2O4. The van der Waals surface area contributed by atoms with E-state index in [-0.39, 0.29) is 18.9 Å². The first-order valence-corrected chi connectivity index (χ1v) is 6.65. The highest BCUT2D eigenvalue weighted by molar-refractivity contribution is 5.85. The Hall–Kier alpha value is -1.95. The van der Waals surface area contributed by atoms with Gasteiger partial charge in [0.15, 0.2) is 6.04 Å². The number of pyridine rings is 1. The molecule has 108 valence electrons. The summed E-state index contributed by atoms with van der Waals surface area (Å²) in [7, 11) is 0. The van der Waals surface area contributed by atoms with Gasteiger partial charge in [0.1, 0.15) is 0 Å². The van der Waals surface area contributed by atoms with Crippen LogP contribution in [0.5, 0.6) is 0 Å². The van der Waals surface area contributed by atoms with Gasteiger partial charge >= 0.3 is 5.97 Å². The van der Waals surface area contributed by atoms with Crippen molar-refractivity contribution >= 4 is 11.9 Å². The average Bonchev–Trinajstić information content (AvgIpc) is 2.48. The van der Waals surface area contributed by atoms with Crippen molar-refractivity contribution < 1.29 is 19.4 Å². The van der Waals surface area contributed by atoms with E-state index in [1.54, 1.807) is 6.20 Å². The Bertz CT molecular complexity index is 486. The minimum absolute atomic E-state index is 0.0449. The van der Waals surface area contributed by atoms with Gasteiger partial charge in [-0.05, 0) is 18.1 Å². The van der Waals surface area contributed by atoms with Crippen LogP contribution in [-0.4, -0.2) is 52.7 Å². The fourth-order valence-electron chi connectivity index (χ4n) is 2.13. The second kappa shape index (κ2) is 6.47. The number of aliphatic carboxylic acids is 1. The molecular weight excluding hydrogens is 260 g/mol. The molecule has 1 amide bonds. The molecule has 1 saturated heterocycles. The van der Waals surface area contributed by atoms with Gasteiger partial charge in [-0.25, -0.2) is 4.79 Å². The number of carbonyl (C=O) groups is 2. The highest BCUT2D eigenvalue weighted by atomic mass is 16.5. The third kappa shape index (κ3) is 3.33. The van der Waals surface area contributed by atoms with Gasteiger partial charge in [0.2, 0.25) is 5.91 Å². The van der Waals surface area contributed by atoms with Crippen molar-refractivity contribution in [2.24, 2.45) is 0 Å². The van der Waals surface area contributed by atoms with E-state index in [1.165, 1.54) is 4.90 Å². The molecule has 6 nitrogen and oxygen atoms in total. The Morgan fingerprint density at radius 1 is 1.50 bits per heavy atom. The van der Waals surface area contributed by atoms with Crippen molar-refractivity contribution in [3.8, 4) is 0 Å². The molecule has 20 heavy (non-hydrogen) atoms. The molecule has 2 rings (SSSR count). The molecule has 1 N–H and O–H groups in total. The number of rotatable bonds is 4. The van der Waals surface area contributed by atoms with Crippen LogP contribution in [0.3, 0.4) is 0 Å². The summed E-state index contributed by atoms with van der Waals surface area (Å²) in [6, 6.07) is 2.85. The highest BCUT2D eigenvalue weighted by Crippen LogP contribution is 2.10. The number of carboxylic acid groups (broad SMARTS) is 1. The van der Waals surface area contributed by atoms with Crippen LogP contribution in [0, 0.1) is 0 Å². The SMILES string of the molecule is CCc1ccc(CC(=O)N2CCOCC2C(=O)O)nc1. The molecule has 0 aromatic carbocycles. The lowest BCUT2D eigenvalue weighted by Gasteiger charge is -2.32. The quantitative estimate of drug-likeness (QED) is 0.867. The molecule has 1 aromatic rings. The number of hydrogen-bond donors (Lipinski definition) is 1. The Balaban J connectivity index is 2.03. The van der Waals surface area contributed by atoms with Crippen molar-refractivity contribution in [3.63, 3.8) is 0 Å². The zero-order valence-corrected chi connectivity index (χ0v) is 11.4. The number of ether oxygens (including phenoxy) is 1. The van der Waals surface area contributed by atoms with Crippen molar-refractivity contribution in [1.29, 1.82) is 0 Å². The summed E-state index contributed by atoms with van der Waals surface area (Å²) in [6.45, 7) is 2.76. The molecule has 0 bridgehead atoms. The van der Waals surface area contributed by atoms with Crippen molar-refractivity contribution in [2.75, 3.05) is 19.8 Å². The summed E-state index contributed by atoms with van der Waals surface area (Å²) in [6.07, 6.45) is 2.76. The second-order valence-electron chi connectivity index (χ2n) is 4.70. The summed E-state index contributed by atoms with van der Waals surface area (Å²) in [5.74, 6) is -1.26. The summed E-state index contributed by atoms with van der Waals surface area (Å²) in [4.78, 5) is 28.9. The maximum Gasteiger partial charge on any atom is 0.328 e. The first kappa shape index (κ1) is 14.5. The molecule has 0 saturated carbocycles. The third-order valence-corrected chi connectivity index (χ3v) is 3.36. The smallest absolute Gasteiger partial charge is 0.328 e. The van der Waals surface area contributed by atoms with Crippen molar-refractivity contribution in [1.82, 2.24) is 9.88 Å². The number of hydrogen-bond acceptors (Lipinski definition) is 4. The van der Waals surface area contributed by atoms with E-state index in [1.807, 2.05) is 19.1 Å².